The highest BCUT2D eigenvalue weighted by Gasteiger charge is 2.26. The summed E-state index contributed by atoms with van der Waals surface area (Å²) >= 11 is 5.92. The third kappa shape index (κ3) is 6.65. The molecule has 5 N–H and O–H groups in total. The lowest BCUT2D eigenvalue weighted by Crippen LogP contribution is -2.38. The Labute approximate surface area is 191 Å². The predicted octanol–water partition coefficient (Wildman–Crippen LogP) is 4.25. The number of hydrogen-bond donors (Lipinski definition) is 4. The molecule has 1 heterocycles. The molecule has 0 aliphatic rings. The van der Waals surface area contributed by atoms with E-state index < -0.39 is 23.6 Å². The predicted molar refractivity (Wildman–Crippen MR) is 127 cm³/mol. The zero-order valence-electron chi connectivity index (χ0n) is 17.7. The summed E-state index contributed by atoms with van der Waals surface area (Å²) < 4.78 is 0. The zero-order chi connectivity index (χ0) is 23.8. The number of hydrogen-bond acceptors (Lipinski definition) is 5. The molecule has 0 aliphatic heterocycles. The van der Waals surface area contributed by atoms with Crippen LogP contribution in [-0.4, -0.2) is 27.7 Å². The highest BCUT2D eigenvalue weighted by atomic mass is 35.5. The summed E-state index contributed by atoms with van der Waals surface area (Å²) in [6.45, 7) is 9.90. The summed E-state index contributed by atoms with van der Waals surface area (Å²) in [6.07, 6.45) is 7.98. The molecule has 0 aliphatic carbocycles. The molecule has 7 nitrogen and oxygen atoms in total. The average Bonchev–Trinajstić information content (AvgIpc) is 2.76. The van der Waals surface area contributed by atoms with E-state index in [1.54, 1.807) is 12.3 Å². The van der Waals surface area contributed by atoms with Crippen LogP contribution in [0.15, 0.2) is 73.1 Å². The third-order valence-electron chi connectivity index (χ3n) is 4.62. The summed E-state index contributed by atoms with van der Waals surface area (Å²) in [5, 5.41) is 20.4. The first kappa shape index (κ1) is 24.6. The fraction of sp³-hybridized carbons (Fsp3) is 0.167. The topological polar surface area (TPSA) is 129 Å². The minimum Gasteiger partial charge on any atom is -0.479 e. The Bertz CT molecular complexity index is 1110. The van der Waals surface area contributed by atoms with Gasteiger partial charge in [-0.1, -0.05) is 55.0 Å². The monoisotopic (exact) mass is 452 g/mol. The van der Waals surface area contributed by atoms with E-state index in [-0.39, 0.29) is 16.8 Å². The maximum atomic E-state index is 12.6. The van der Waals surface area contributed by atoms with Gasteiger partial charge in [-0.25, -0.2) is 4.79 Å². The first-order valence-electron chi connectivity index (χ1n) is 9.77. The Kier molecular flexibility index (Phi) is 8.49. The number of amides is 1. The fourth-order valence-electron chi connectivity index (χ4n) is 2.80. The lowest BCUT2D eigenvalue weighted by Gasteiger charge is -2.16. The van der Waals surface area contributed by atoms with Crippen molar-refractivity contribution in [1.82, 2.24) is 10.3 Å². The van der Waals surface area contributed by atoms with Crippen LogP contribution in [0.3, 0.4) is 0 Å². The maximum Gasteiger partial charge on any atom is 0.330 e. The van der Waals surface area contributed by atoms with Crippen LogP contribution < -0.4 is 11.1 Å². The van der Waals surface area contributed by atoms with Gasteiger partial charge < -0.3 is 16.2 Å². The number of nitrogens with two attached hydrogens (primary N) is 1. The third-order valence-corrected chi connectivity index (χ3v) is 4.86. The highest BCUT2D eigenvalue weighted by Crippen LogP contribution is 2.20. The van der Waals surface area contributed by atoms with Crippen molar-refractivity contribution >= 4 is 34.9 Å². The van der Waals surface area contributed by atoms with Crippen molar-refractivity contribution < 1.29 is 14.7 Å². The first-order valence-corrected chi connectivity index (χ1v) is 10.1. The van der Waals surface area contributed by atoms with Crippen LogP contribution >= 0.6 is 11.6 Å². The Morgan fingerprint density at radius 2 is 1.94 bits per heavy atom. The molecule has 1 atom stereocenters. The van der Waals surface area contributed by atoms with Gasteiger partial charge in [0.15, 0.2) is 6.04 Å². The van der Waals surface area contributed by atoms with Crippen molar-refractivity contribution in [1.29, 1.82) is 5.41 Å². The van der Waals surface area contributed by atoms with Crippen molar-refractivity contribution in [3.8, 4) is 0 Å². The minimum atomic E-state index is -1.40. The van der Waals surface area contributed by atoms with E-state index >= 15 is 0 Å². The van der Waals surface area contributed by atoms with Crippen LogP contribution in [0.5, 0.6) is 0 Å². The van der Waals surface area contributed by atoms with E-state index in [1.165, 1.54) is 24.4 Å². The van der Waals surface area contributed by atoms with Crippen LogP contribution in [0.25, 0.3) is 0 Å². The van der Waals surface area contributed by atoms with Gasteiger partial charge in [0, 0.05) is 34.2 Å². The molecule has 0 spiro atoms. The lowest BCUT2D eigenvalue weighted by molar-refractivity contribution is -0.141. The summed E-state index contributed by atoms with van der Waals surface area (Å²) in [4.78, 5) is 28.5. The molecule has 0 fully saturated rings. The van der Waals surface area contributed by atoms with Crippen LogP contribution in [0.1, 0.15) is 36.1 Å². The van der Waals surface area contributed by atoms with Crippen molar-refractivity contribution in [2.45, 2.75) is 25.8 Å². The molecule has 1 aromatic carbocycles. The van der Waals surface area contributed by atoms with Gasteiger partial charge >= 0.3 is 5.97 Å². The Morgan fingerprint density at radius 1 is 1.25 bits per heavy atom. The standard InChI is InChI=1S/C24H25ClN4O3/c1-4-14(2)5-6-15(3)9-16-10-17(13-28-12-16)22(24(31)32)29-23(30)21(27)19-11-18(25)7-8-20(19)26/h5-8,10-13,22,27H,2-4,9,26H2,1H3,(H,29,30)(H,31,32)/b6-5-,27-21?. The number of nitrogen functional groups attached to an aromatic ring is 1. The molecular weight excluding hydrogens is 428 g/mol. The van der Waals surface area contributed by atoms with Crippen LogP contribution in [-0.2, 0) is 16.0 Å². The van der Waals surface area contributed by atoms with Crippen LogP contribution in [0, 0.1) is 5.41 Å². The van der Waals surface area contributed by atoms with Gasteiger partial charge in [0.05, 0.1) is 0 Å². The number of allylic oxidation sites excluding steroid dienone is 4. The van der Waals surface area contributed by atoms with E-state index in [1.807, 2.05) is 19.1 Å². The number of aromatic nitrogens is 1. The van der Waals surface area contributed by atoms with Crippen molar-refractivity contribution in [2.75, 3.05) is 5.73 Å². The number of rotatable bonds is 10. The maximum absolute atomic E-state index is 12.6. The second kappa shape index (κ2) is 11.1. The van der Waals surface area contributed by atoms with Gasteiger partial charge in [0.2, 0.25) is 0 Å². The largest absolute Gasteiger partial charge is 0.479 e. The second-order valence-corrected chi connectivity index (χ2v) is 7.59. The minimum absolute atomic E-state index is 0.114. The number of nitrogens with zero attached hydrogens (tertiary/aromatic N) is 1. The number of carbonyl (C=O) groups is 2. The van der Waals surface area contributed by atoms with Crippen LogP contribution in [0.2, 0.25) is 5.02 Å². The molecule has 1 aromatic heterocycles. The van der Waals surface area contributed by atoms with E-state index in [0.29, 0.717) is 11.4 Å². The SMILES string of the molecule is C=C(/C=C\C(=C)Cc1cncc(C(NC(=O)C(=N)c2cc(Cl)ccc2N)C(=O)O)c1)CC. The van der Waals surface area contributed by atoms with Gasteiger partial charge in [-0.15, -0.1) is 0 Å². The molecule has 0 radical (unpaired) electrons. The number of carboxylic acid groups (broad SMARTS) is 1. The number of anilines is 1. The number of halogens is 1. The number of carboxylic acids is 1. The molecule has 0 bridgehead atoms. The molecule has 2 aromatic rings. The molecule has 1 unspecified atom stereocenters. The Hall–Kier alpha value is -3.71. The summed E-state index contributed by atoms with van der Waals surface area (Å²) in [7, 11) is 0. The number of pyridine rings is 1. The number of carbonyl (C=O) groups excluding carboxylic acids is 1. The Balaban J connectivity index is 2.20. The van der Waals surface area contributed by atoms with Gasteiger partial charge in [-0.2, -0.15) is 0 Å². The zero-order valence-corrected chi connectivity index (χ0v) is 18.4. The van der Waals surface area contributed by atoms with Gasteiger partial charge in [0.25, 0.3) is 5.91 Å². The van der Waals surface area contributed by atoms with Crippen molar-refractivity contribution in [3.63, 3.8) is 0 Å². The fourth-order valence-corrected chi connectivity index (χ4v) is 2.97. The molecule has 2 rings (SSSR count). The van der Waals surface area contributed by atoms with E-state index in [9.17, 15) is 14.7 Å². The smallest absolute Gasteiger partial charge is 0.330 e. The van der Waals surface area contributed by atoms with Gasteiger partial charge in [-0.05, 0) is 42.7 Å². The number of benzene rings is 1. The molecule has 32 heavy (non-hydrogen) atoms. The van der Waals surface area contributed by atoms with E-state index in [2.05, 4.69) is 23.5 Å². The van der Waals surface area contributed by atoms with Gasteiger partial charge in [-0.3, -0.25) is 15.2 Å². The normalized spacial score (nSPS) is 11.7. The summed E-state index contributed by atoms with van der Waals surface area (Å²) in [6, 6.07) is 4.61. The molecule has 166 valence electrons. The van der Waals surface area contributed by atoms with Crippen molar-refractivity contribution in [3.05, 3.63) is 94.8 Å². The van der Waals surface area contributed by atoms with Gasteiger partial charge in [0.1, 0.15) is 5.71 Å². The molecule has 8 heteroatoms. The Morgan fingerprint density at radius 3 is 2.59 bits per heavy atom. The first-order chi connectivity index (χ1) is 15.1. The molecule has 1 amide bonds. The lowest BCUT2D eigenvalue weighted by atomic mass is 10.0. The number of nitrogens with one attached hydrogen (secondary N) is 2. The van der Waals surface area contributed by atoms with E-state index in [0.717, 1.165) is 23.1 Å². The second-order valence-electron chi connectivity index (χ2n) is 7.16. The molecule has 0 saturated heterocycles. The summed E-state index contributed by atoms with van der Waals surface area (Å²) in [5.41, 5.74) is 8.39. The summed E-state index contributed by atoms with van der Waals surface area (Å²) in [5.74, 6) is -2.19. The average molecular weight is 453 g/mol. The van der Waals surface area contributed by atoms with Crippen LogP contribution in [0.4, 0.5) is 5.69 Å². The highest BCUT2D eigenvalue weighted by molar-refractivity contribution is 6.45. The quantitative estimate of drug-likeness (QED) is 0.243. The molecule has 0 saturated carbocycles. The van der Waals surface area contributed by atoms with E-state index in [4.69, 9.17) is 22.7 Å². The number of aliphatic carboxylic acids is 1. The van der Waals surface area contributed by atoms with Crippen molar-refractivity contribution in [2.24, 2.45) is 0 Å². The molecular formula is C24H25ClN4O3.